The van der Waals surface area contributed by atoms with Crippen molar-refractivity contribution in [1.29, 1.82) is 0 Å². The van der Waals surface area contributed by atoms with Gasteiger partial charge in [-0.3, -0.25) is 0 Å². The van der Waals surface area contributed by atoms with E-state index >= 15 is 0 Å². The van der Waals surface area contributed by atoms with Gasteiger partial charge in [-0.05, 0) is 43.4 Å². The van der Waals surface area contributed by atoms with Crippen molar-refractivity contribution in [3.63, 3.8) is 0 Å². The van der Waals surface area contributed by atoms with Gasteiger partial charge in [0.15, 0.2) is 0 Å². The molecule has 1 aromatic carbocycles. The van der Waals surface area contributed by atoms with Gasteiger partial charge in [-0.25, -0.2) is 4.39 Å². The summed E-state index contributed by atoms with van der Waals surface area (Å²) < 4.78 is 13.0. The van der Waals surface area contributed by atoms with Crippen molar-refractivity contribution in [3.05, 3.63) is 35.1 Å². The maximum Gasteiger partial charge on any atom is 0.123 e. The lowest BCUT2D eigenvalue weighted by Gasteiger charge is -2.13. The van der Waals surface area contributed by atoms with Crippen molar-refractivity contribution in [1.82, 2.24) is 5.32 Å². The Morgan fingerprint density at radius 2 is 2.20 bits per heavy atom. The molecule has 0 radical (unpaired) electrons. The van der Waals surface area contributed by atoms with Gasteiger partial charge in [-0.2, -0.15) is 11.8 Å². The molecule has 1 aromatic rings. The highest BCUT2D eigenvalue weighted by molar-refractivity contribution is 7.98. The molecule has 1 unspecified atom stereocenters. The monoisotopic (exact) mass is 227 g/mol. The molecule has 1 atom stereocenters. The zero-order chi connectivity index (χ0) is 11.3. The summed E-state index contributed by atoms with van der Waals surface area (Å²) >= 11 is 1.82. The summed E-state index contributed by atoms with van der Waals surface area (Å²) in [6, 6.07) is 5.40. The molecule has 0 heterocycles. The van der Waals surface area contributed by atoms with Gasteiger partial charge in [0.05, 0.1) is 0 Å². The number of hydrogen-bond acceptors (Lipinski definition) is 2. The predicted molar refractivity (Wildman–Crippen MR) is 65.8 cm³/mol. The lowest BCUT2D eigenvalue weighted by molar-refractivity contribution is 0.585. The molecular formula is C12H18FNS. The molecule has 0 saturated heterocycles. The second-order valence-corrected chi connectivity index (χ2v) is 4.72. The lowest BCUT2D eigenvalue weighted by Crippen LogP contribution is -2.27. The highest BCUT2D eigenvalue weighted by atomic mass is 32.2. The zero-order valence-electron chi connectivity index (χ0n) is 9.51. The van der Waals surface area contributed by atoms with Gasteiger partial charge in [-0.15, -0.1) is 0 Å². The molecule has 15 heavy (non-hydrogen) atoms. The Labute approximate surface area is 95.5 Å². The summed E-state index contributed by atoms with van der Waals surface area (Å²) in [6.45, 7) is 4.89. The minimum Gasteiger partial charge on any atom is -0.309 e. The average molecular weight is 227 g/mol. The van der Waals surface area contributed by atoms with Gasteiger partial charge in [0.1, 0.15) is 5.82 Å². The smallest absolute Gasteiger partial charge is 0.123 e. The van der Waals surface area contributed by atoms with E-state index in [0.29, 0.717) is 6.04 Å². The minimum absolute atomic E-state index is 0.157. The Bertz CT molecular complexity index is 314. The predicted octanol–water partition coefficient (Wildman–Crippen LogP) is 2.98. The molecule has 0 bridgehead atoms. The summed E-state index contributed by atoms with van der Waals surface area (Å²) in [5.41, 5.74) is 2.18. The van der Waals surface area contributed by atoms with Gasteiger partial charge in [-0.1, -0.05) is 6.07 Å². The number of hydrogen-bond donors (Lipinski definition) is 1. The number of benzene rings is 1. The van der Waals surface area contributed by atoms with Crippen molar-refractivity contribution in [2.75, 3.05) is 12.0 Å². The van der Waals surface area contributed by atoms with Crippen LogP contribution in [0.5, 0.6) is 0 Å². The van der Waals surface area contributed by atoms with Crippen LogP contribution >= 0.6 is 11.8 Å². The Balaban J connectivity index is 2.53. The van der Waals surface area contributed by atoms with Crippen LogP contribution < -0.4 is 5.32 Å². The van der Waals surface area contributed by atoms with E-state index in [-0.39, 0.29) is 5.82 Å². The fourth-order valence-electron chi connectivity index (χ4n) is 1.42. The van der Waals surface area contributed by atoms with Crippen LogP contribution in [0.25, 0.3) is 0 Å². The van der Waals surface area contributed by atoms with Crippen LogP contribution in [-0.4, -0.2) is 18.1 Å². The third kappa shape index (κ3) is 4.22. The van der Waals surface area contributed by atoms with Crippen LogP contribution in [0.2, 0.25) is 0 Å². The first kappa shape index (κ1) is 12.5. The van der Waals surface area contributed by atoms with Gasteiger partial charge < -0.3 is 5.32 Å². The second-order valence-electron chi connectivity index (χ2n) is 3.81. The SMILES string of the molecule is CSCC(C)NCc1cc(F)ccc1C. The largest absolute Gasteiger partial charge is 0.309 e. The Hall–Kier alpha value is -0.540. The molecule has 1 nitrogen and oxygen atoms in total. The standard InChI is InChI=1S/C12H18FNS/c1-9-4-5-12(13)6-11(9)7-14-10(2)8-15-3/h4-6,10,14H,7-8H2,1-3H3. The van der Waals surface area contributed by atoms with E-state index in [2.05, 4.69) is 18.5 Å². The molecule has 0 amide bonds. The summed E-state index contributed by atoms with van der Waals surface area (Å²) in [5, 5.41) is 3.38. The molecule has 1 N–H and O–H groups in total. The normalized spacial score (nSPS) is 12.8. The lowest BCUT2D eigenvalue weighted by atomic mass is 10.1. The molecule has 0 aliphatic carbocycles. The number of aryl methyl sites for hydroxylation is 1. The minimum atomic E-state index is -0.157. The van der Waals surface area contributed by atoms with Crippen molar-refractivity contribution < 1.29 is 4.39 Å². The maximum absolute atomic E-state index is 13.0. The van der Waals surface area contributed by atoms with Crippen molar-refractivity contribution in [2.24, 2.45) is 0 Å². The van der Waals surface area contributed by atoms with Crippen molar-refractivity contribution in [3.8, 4) is 0 Å². The summed E-state index contributed by atoms with van der Waals surface area (Å²) in [4.78, 5) is 0. The third-order valence-electron chi connectivity index (χ3n) is 2.37. The van der Waals surface area contributed by atoms with E-state index in [1.54, 1.807) is 6.07 Å². The van der Waals surface area contributed by atoms with E-state index in [1.165, 1.54) is 6.07 Å². The van der Waals surface area contributed by atoms with Crippen LogP contribution in [0.1, 0.15) is 18.1 Å². The molecule has 0 aliphatic rings. The average Bonchev–Trinajstić information content (AvgIpc) is 2.20. The number of thioether (sulfide) groups is 1. The van der Waals surface area contributed by atoms with Gasteiger partial charge in [0, 0.05) is 18.3 Å². The van der Waals surface area contributed by atoms with Gasteiger partial charge in [0.2, 0.25) is 0 Å². The first-order valence-electron chi connectivity index (χ1n) is 5.11. The fourth-order valence-corrected chi connectivity index (χ4v) is 2.04. The zero-order valence-corrected chi connectivity index (χ0v) is 10.3. The Morgan fingerprint density at radius 1 is 1.47 bits per heavy atom. The van der Waals surface area contributed by atoms with Crippen molar-refractivity contribution in [2.45, 2.75) is 26.4 Å². The fraction of sp³-hybridized carbons (Fsp3) is 0.500. The quantitative estimate of drug-likeness (QED) is 0.830. The van der Waals surface area contributed by atoms with E-state index < -0.39 is 0 Å². The summed E-state index contributed by atoms with van der Waals surface area (Å²) in [7, 11) is 0. The van der Waals surface area contributed by atoms with Crippen LogP contribution in [0.3, 0.4) is 0 Å². The molecule has 3 heteroatoms. The molecule has 1 rings (SSSR count). The molecule has 0 aliphatic heterocycles. The topological polar surface area (TPSA) is 12.0 Å². The Kier molecular flexibility index (Phi) is 5.12. The molecule has 0 aromatic heterocycles. The summed E-state index contributed by atoms with van der Waals surface area (Å²) in [5.74, 6) is 0.920. The number of rotatable bonds is 5. The molecular weight excluding hydrogens is 209 g/mol. The van der Waals surface area contributed by atoms with E-state index in [1.807, 2.05) is 24.8 Å². The molecule has 84 valence electrons. The van der Waals surface area contributed by atoms with Gasteiger partial charge in [0.25, 0.3) is 0 Å². The third-order valence-corrected chi connectivity index (χ3v) is 3.20. The second kappa shape index (κ2) is 6.13. The highest BCUT2D eigenvalue weighted by Gasteiger charge is 2.03. The Morgan fingerprint density at radius 3 is 2.87 bits per heavy atom. The van der Waals surface area contributed by atoms with Crippen LogP contribution in [-0.2, 0) is 6.54 Å². The first-order valence-corrected chi connectivity index (χ1v) is 6.50. The molecule has 0 saturated carbocycles. The highest BCUT2D eigenvalue weighted by Crippen LogP contribution is 2.10. The van der Waals surface area contributed by atoms with Crippen LogP contribution in [0.15, 0.2) is 18.2 Å². The van der Waals surface area contributed by atoms with Crippen LogP contribution in [0.4, 0.5) is 4.39 Å². The van der Waals surface area contributed by atoms with Gasteiger partial charge >= 0.3 is 0 Å². The van der Waals surface area contributed by atoms with E-state index in [4.69, 9.17) is 0 Å². The molecule has 0 spiro atoms. The van der Waals surface area contributed by atoms with E-state index in [0.717, 1.165) is 23.4 Å². The van der Waals surface area contributed by atoms with Crippen LogP contribution in [0, 0.1) is 12.7 Å². The first-order chi connectivity index (χ1) is 7.13. The van der Waals surface area contributed by atoms with Crippen molar-refractivity contribution >= 4 is 11.8 Å². The maximum atomic E-state index is 13.0. The molecule has 0 fully saturated rings. The number of nitrogens with one attached hydrogen (secondary N) is 1. The summed E-state index contributed by atoms with van der Waals surface area (Å²) in [6.07, 6.45) is 2.09. The van der Waals surface area contributed by atoms with E-state index in [9.17, 15) is 4.39 Å². The number of halogens is 1.